The Balaban J connectivity index is 1.64. The normalized spacial score (nSPS) is 53.5. The molecule has 4 aliphatic carbocycles. The summed E-state index contributed by atoms with van der Waals surface area (Å²) in [5.41, 5.74) is 0.791. The molecule has 4 saturated carbocycles. The third-order valence-corrected chi connectivity index (χ3v) is 9.74. The van der Waals surface area contributed by atoms with Gasteiger partial charge in [0.25, 0.3) is 0 Å². The summed E-state index contributed by atoms with van der Waals surface area (Å²) >= 11 is 0. The maximum Gasteiger partial charge on any atom is 0.137 e. The van der Waals surface area contributed by atoms with Crippen molar-refractivity contribution in [2.75, 3.05) is 0 Å². The molecule has 0 spiro atoms. The number of hydrogen-bond acceptors (Lipinski definition) is 1. The second-order valence-electron chi connectivity index (χ2n) is 10.8. The third kappa shape index (κ3) is 2.43. The van der Waals surface area contributed by atoms with Gasteiger partial charge in [-0.1, -0.05) is 40.2 Å². The van der Waals surface area contributed by atoms with E-state index in [9.17, 15) is 4.79 Å². The van der Waals surface area contributed by atoms with Crippen LogP contribution in [0.1, 0.15) is 79.1 Å². The van der Waals surface area contributed by atoms with E-state index in [4.69, 9.17) is 0 Å². The van der Waals surface area contributed by atoms with E-state index in [2.05, 4.69) is 34.3 Å². The molecule has 1 unspecified atom stereocenters. The highest BCUT2D eigenvalue weighted by molar-refractivity contribution is 5.85. The monoisotopic (exact) mass is 342 g/mol. The van der Waals surface area contributed by atoms with Gasteiger partial charge in [0.1, 0.15) is 5.78 Å². The molecular weight excluding hydrogens is 304 g/mol. The number of Topliss-reactive ketones (excluding diaryl/α,β-unsaturated/α-hetero) is 1. The van der Waals surface area contributed by atoms with Gasteiger partial charge < -0.3 is 0 Å². The third-order valence-electron chi connectivity index (χ3n) is 9.74. The van der Waals surface area contributed by atoms with E-state index >= 15 is 0 Å². The average Bonchev–Trinajstić information content (AvgIpc) is 2.85. The fourth-order valence-corrected chi connectivity index (χ4v) is 8.33. The maximum absolute atomic E-state index is 13.0. The maximum atomic E-state index is 13.0. The van der Waals surface area contributed by atoms with Crippen LogP contribution >= 0.6 is 0 Å². The molecule has 4 aliphatic rings. The minimum atomic E-state index is 0.229. The van der Waals surface area contributed by atoms with Gasteiger partial charge in [-0.05, 0) is 84.9 Å². The molecule has 0 radical (unpaired) electrons. The van der Waals surface area contributed by atoms with E-state index in [0.29, 0.717) is 23.0 Å². The molecule has 0 aromatic rings. The van der Waals surface area contributed by atoms with Crippen molar-refractivity contribution < 1.29 is 4.79 Å². The van der Waals surface area contributed by atoms with Gasteiger partial charge in [0.2, 0.25) is 0 Å². The molecule has 25 heavy (non-hydrogen) atoms. The van der Waals surface area contributed by atoms with Gasteiger partial charge in [-0.2, -0.15) is 0 Å². The second-order valence-corrected chi connectivity index (χ2v) is 10.8. The first-order chi connectivity index (χ1) is 11.8. The number of carbonyl (C=O) groups is 1. The number of ketones is 1. The highest BCUT2D eigenvalue weighted by atomic mass is 16.1. The molecule has 0 heterocycles. The fraction of sp³-hybridized carbons (Fsp3) is 0.875. The minimum absolute atomic E-state index is 0.229. The largest absolute Gasteiger partial charge is 0.299 e. The first kappa shape index (κ1) is 17.8. The van der Waals surface area contributed by atoms with Crippen molar-refractivity contribution in [2.24, 2.45) is 52.3 Å². The predicted molar refractivity (Wildman–Crippen MR) is 104 cm³/mol. The van der Waals surface area contributed by atoms with Crippen molar-refractivity contribution in [3.05, 3.63) is 12.7 Å². The molecule has 0 aliphatic heterocycles. The van der Waals surface area contributed by atoms with Crippen LogP contribution in [0.2, 0.25) is 0 Å². The van der Waals surface area contributed by atoms with Crippen LogP contribution in [0.15, 0.2) is 12.7 Å². The molecule has 140 valence electrons. The molecule has 0 amide bonds. The summed E-state index contributed by atoms with van der Waals surface area (Å²) in [5, 5.41) is 0. The van der Waals surface area contributed by atoms with Crippen LogP contribution in [-0.4, -0.2) is 5.78 Å². The lowest BCUT2D eigenvalue weighted by molar-refractivity contribution is -0.126. The van der Waals surface area contributed by atoms with Crippen molar-refractivity contribution in [2.45, 2.75) is 79.1 Å². The van der Waals surface area contributed by atoms with Gasteiger partial charge in [0, 0.05) is 12.3 Å². The Morgan fingerprint density at radius 1 is 1.08 bits per heavy atom. The molecular formula is C24H38O. The fourth-order valence-electron chi connectivity index (χ4n) is 8.33. The van der Waals surface area contributed by atoms with E-state index < -0.39 is 0 Å². The van der Waals surface area contributed by atoms with Crippen molar-refractivity contribution >= 4 is 5.78 Å². The number of carbonyl (C=O) groups excluding carboxylic acids is 1. The van der Waals surface area contributed by atoms with Crippen LogP contribution in [0.3, 0.4) is 0 Å². The van der Waals surface area contributed by atoms with E-state index in [1.807, 2.05) is 6.08 Å². The Morgan fingerprint density at radius 3 is 2.52 bits per heavy atom. The zero-order chi connectivity index (χ0) is 18.0. The standard InChI is InChI=1S/C24H38O/c1-6-16(3)22-21(25)14-20-18-8-7-17-13-15(2)9-11-23(17,4)19(18)10-12-24(20,22)5/h6,15-20,22H,1,7-14H2,2-5H3/t15-,16?,17-,18+,19-,20-,22-,23-,24-/m0/s1. The minimum Gasteiger partial charge on any atom is -0.299 e. The molecule has 4 rings (SSSR count). The molecule has 0 aromatic carbocycles. The van der Waals surface area contributed by atoms with Gasteiger partial charge in [-0.15, -0.1) is 6.58 Å². The van der Waals surface area contributed by atoms with Crippen molar-refractivity contribution in [1.29, 1.82) is 0 Å². The smallest absolute Gasteiger partial charge is 0.137 e. The molecule has 4 fully saturated rings. The lowest BCUT2D eigenvalue weighted by atomic mass is 9.44. The average molecular weight is 343 g/mol. The summed E-state index contributed by atoms with van der Waals surface area (Å²) in [6.45, 7) is 13.8. The van der Waals surface area contributed by atoms with Crippen LogP contribution in [0.4, 0.5) is 0 Å². The highest BCUT2D eigenvalue weighted by Crippen LogP contribution is 2.67. The van der Waals surface area contributed by atoms with Crippen LogP contribution in [0, 0.1) is 52.3 Å². The molecule has 0 aromatic heterocycles. The molecule has 0 N–H and O–H groups in total. The van der Waals surface area contributed by atoms with Gasteiger partial charge in [0.05, 0.1) is 0 Å². The predicted octanol–water partition coefficient (Wildman–Crippen LogP) is 6.28. The van der Waals surface area contributed by atoms with Crippen molar-refractivity contribution in [1.82, 2.24) is 0 Å². The first-order valence-corrected chi connectivity index (χ1v) is 11.0. The number of fused-ring (bicyclic) bond motifs is 5. The lowest BCUT2D eigenvalue weighted by Gasteiger charge is -2.61. The number of allylic oxidation sites excluding steroid dienone is 1. The van der Waals surface area contributed by atoms with Gasteiger partial charge in [0.15, 0.2) is 0 Å². The summed E-state index contributed by atoms with van der Waals surface area (Å²) in [6.07, 6.45) is 12.7. The van der Waals surface area contributed by atoms with Gasteiger partial charge >= 0.3 is 0 Å². The van der Waals surface area contributed by atoms with Crippen molar-refractivity contribution in [3.8, 4) is 0 Å². The second kappa shape index (κ2) is 5.96. The Bertz CT molecular complexity index is 564. The summed E-state index contributed by atoms with van der Waals surface area (Å²) < 4.78 is 0. The molecule has 9 atom stereocenters. The summed E-state index contributed by atoms with van der Waals surface area (Å²) in [4.78, 5) is 13.0. The number of rotatable bonds is 2. The van der Waals surface area contributed by atoms with Crippen LogP contribution in [-0.2, 0) is 4.79 Å². The zero-order valence-corrected chi connectivity index (χ0v) is 16.9. The van der Waals surface area contributed by atoms with Crippen LogP contribution in [0.25, 0.3) is 0 Å². The molecule has 0 bridgehead atoms. The van der Waals surface area contributed by atoms with Gasteiger partial charge in [-0.25, -0.2) is 0 Å². The molecule has 1 nitrogen and oxygen atoms in total. The number of hydrogen-bond donors (Lipinski definition) is 0. The van der Waals surface area contributed by atoms with E-state index in [-0.39, 0.29) is 11.3 Å². The van der Waals surface area contributed by atoms with E-state index in [1.165, 1.54) is 44.9 Å². The van der Waals surface area contributed by atoms with Crippen molar-refractivity contribution in [3.63, 3.8) is 0 Å². The lowest BCUT2D eigenvalue weighted by Crippen LogP contribution is -2.53. The molecule has 0 saturated heterocycles. The summed E-state index contributed by atoms with van der Waals surface area (Å²) in [6, 6.07) is 0. The Hall–Kier alpha value is -0.590. The van der Waals surface area contributed by atoms with Crippen LogP contribution in [0.5, 0.6) is 0 Å². The first-order valence-electron chi connectivity index (χ1n) is 11.0. The summed E-state index contributed by atoms with van der Waals surface area (Å²) in [5.74, 6) is 5.31. The van der Waals surface area contributed by atoms with Gasteiger partial charge in [-0.3, -0.25) is 4.79 Å². The summed E-state index contributed by atoms with van der Waals surface area (Å²) in [7, 11) is 0. The van der Waals surface area contributed by atoms with E-state index in [1.54, 1.807) is 0 Å². The van der Waals surface area contributed by atoms with Crippen LogP contribution < -0.4 is 0 Å². The van der Waals surface area contributed by atoms with E-state index in [0.717, 1.165) is 30.1 Å². The Kier molecular flexibility index (Phi) is 4.25. The molecule has 1 heteroatoms. The Labute approximate surface area is 155 Å². The zero-order valence-electron chi connectivity index (χ0n) is 16.9. The topological polar surface area (TPSA) is 17.1 Å². The highest BCUT2D eigenvalue weighted by Gasteiger charge is 2.62. The quantitative estimate of drug-likeness (QED) is 0.539. The SMILES string of the molecule is C=CC(C)[C@H]1C(=O)C[C@H]2[C@@H]3CC[C@H]4C[C@@H](C)CC[C@]4(C)[C@H]3CC[C@]12C. The Morgan fingerprint density at radius 2 is 1.80 bits per heavy atom.